The van der Waals surface area contributed by atoms with E-state index in [1.807, 2.05) is 4.90 Å². The molecule has 3 aromatic rings. The molecule has 0 radical (unpaired) electrons. The van der Waals surface area contributed by atoms with Crippen molar-refractivity contribution in [3.05, 3.63) is 34.4 Å². The molecular weight excluding hydrogens is 550 g/mol. The number of nitrogens with zero attached hydrogens (tertiary/aromatic N) is 6. The zero-order valence-electron chi connectivity index (χ0n) is 21.2. The molecule has 40 heavy (non-hydrogen) atoms. The zero-order valence-corrected chi connectivity index (χ0v) is 21.9. The van der Waals surface area contributed by atoms with Crippen LogP contribution in [0.5, 0.6) is 5.75 Å². The molecule has 4 fully saturated rings. The Balaban J connectivity index is 1.42. The fourth-order valence-electron chi connectivity index (χ4n) is 6.74. The first kappa shape index (κ1) is 25.7. The number of rotatable bonds is 2. The Labute approximate surface area is 231 Å². The minimum Gasteiger partial charge on any atom is -0.508 e. The molecule has 4 aliphatic rings. The molecule has 0 unspecified atom stereocenters. The number of anilines is 1. The highest BCUT2D eigenvalue weighted by atomic mass is 35.5. The van der Waals surface area contributed by atoms with Crippen molar-refractivity contribution in [2.24, 2.45) is 0 Å². The van der Waals surface area contributed by atoms with Crippen LogP contribution in [0.2, 0.25) is 5.02 Å². The number of phenols is 1. The van der Waals surface area contributed by atoms with E-state index in [1.165, 1.54) is 0 Å². The van der Waals surface area contributed by atoms with Crippen LogP contribution in [0.4, 0.5) is 23.4 Å². The van der Waals surface area contributed by atoms with E-state index in [2.05, 4.69) is 42.2 Å². The van der Waals surface area contributed by atoms with Crippen molar-refractivity contribution in [3.63, 3.8) is 0 Å². The molecule has 8 nitrogen and oxygen atoms in total. The van der Waals surface area contributed by atoms with E-state index in [4.69, 9.17) is 11.6 Å². The van der Waals surface area contributed by atoms with Gasteiger partial charge in [0, 0.05) is 30.7 Å². The normalized spacial score (nSPS) is 23.6. The van der Waals surface area contributed by atoms with Crippen LogP contribution in [-0.2, 0) is 6.18 Å². The third kappa shape index (κ3) is 4.05. The molecule has 2 N–H and O–H groups in total. The Morgan fingerprint density at radius 1 is 1.10 bits per heavy atom. The number of piperazine rings is 1. The summed E-state index contributed by atoms with van der Waals surface area (Å²) in [6, 6.07) is 1.87. The predicted molar refractivity (Wildman–Crippen MR) is 139 cm³/mol. The molecule has 4 saturated heterocycles. The van der Waals surface area contributed by atoms with Gasteiger partial charge in [-0.15, -0.1) is 10.2 Å². The van der Waals surface area contributed by atoms with Crippen molar-refractivity contribution in [1.82, 2.24) is 30.4 Å². The molecule has 0 spiro atoms. The van der Waals surface area contributed by atoms with E-state index in [0.717, 1.165) is 63.9 Å². The minimum atomic E-state index is -4.94. The third-order valence-electron chi connectivity index (χ3n) is 8.52. The summed E-state index contributed by atoms with van der Waals surface area (Å²) in [4.78, 5) is 13.4. The van der Waals surface area contributed by atoms with E-state index >= 15 is 4.39 Å². The molecule has 0 amide bonds. The Kier molecular flexibility index (Phi) is 5.86. The van der Waals surface area contributed by atoms with Gasteiger partial charge in [0.15, 0.2) is 17.2 Å². The minimum absolute atomic E-state index is 0.0423. The molecular formula is C27H24ClF4N7O. The summed E-state index contributed by atoms with van der Waals surface area (Å²) < 4.78 is 58.0. The van der Waals surface area contributed by atoms with Crippen molar-refractivity contribution in [2.75, 3.05) is 31.1 Å². The molecule has 0 saturated carbocycles. The number of nitrogens with one attached hydrogen (secondary N) is 1. The molecule has 6 heterocycles. The summed E-state index contributed by atoms with van der Waals surface area (Å²) in [6.45, 7) is 3.29. The summed E-state index contributed by atoms with van der Waals surface area (Å²) in [5.41, 5.74) is -3.26. The van der Waals surface area contributed by atoms with Gasteiger partial charge < -0.3 is 15.3 Å². The summed E-state index contributed by atoms with van der Waals surface area (Å²) in [5.74, 6) is 5.19. The number of hydrogen-bond acceptors (Lipinski definition) is 8. The van der Waals surface area contributed by atoms with Gasteiger partial charge in [-0.1, -0.05) is 17.5 Å². The maximum absolute atomic E-state index is 16.2. The van der Waals surface area contributed by atoms with Crippen molar-refractivity contribution < 1.29 is 22.7 Å². The molecule has 1 aromatic carbocycles. The number of alkyl halides is 3. The van der Waals surface area contributed by atoms with Crippen LogP contribution in [0.25, 0.3) is 22.3 Å². The van der Waals surface area contributed by atoms with Gasteiger partial charge in [-0.3, -0.25) is 4.90 Å². The fraction of sp³-hybridized carbons (Fsp3) is 0.481. The third-order valence-corrected chi connectivity index (χ3v) is 8.82. The van der Waals surface area contributed by atoms with E-state index in [-0.39, 0.29) is 34.5 Å². The molecule has 7 rings (SSSR count). The van der Waals surface area contributed by atoms with E-state index in [9.17, 15) is 18.3 Å². The summed E-state index contributed by atoms with van der Waals surface area (Å²) in [6.07, 6.45) is -0.0930. The lowest BCUT2D eigenvalue weighted by Crippen LogP contribution is -2.44. The van der Waals surface area contributed by atoms with Crippen LogP contribution in [-0.4, -0.2) is 74.0 Å². The Morgan fingerprint density at radius 3 is 2.55 bits per heavy atom. The van der Waals surface area contributed by atoms with E-state index < -0.39 is 39.6 Å². The molecule has 0 aliphatic carbocycles. The van der Waals surface area contributed by atoms with Gasteiger partial charge in [0.05, 0.1) is 16.1 Å². The first-order valence-corrected chi connectivity index (χ1v) is 13.6. The Bertz CT molecular complexity index is 1590. The van der Waals surface area contributed by atoms with Crippen molar-refractivity contribution in [1.29, 1.82) is 0 Å². The maximum atomic E-state index is 16.2. The van der Waals surface area contributed by atoms with Gasteiger partial charge in [-0.25, -0.2) is 14.4 Å². The molecule has 208 valence electrons. The smallest absolute Gasteiger partial charge is 0.418 e. The highest BCUT2D eigenvalue weighted by Crippen LogP contribution is 2.44. The number of hydrogen-bond donors (Lipinski definition) is 2. The summed E-state index contributed by atoms with van der Waals surface area (Å²) in [7, 11) is 0. The van der Waals surface area contributed by atoms with Gasteiger partial charge in [0.25, 0.3) is 0 Å². The lowest BCUT2D eigenvalue weighted by molar-refractivity contribution is -0.137. The van der Waals surface area contributed by atoms with Gasteiger partial charge in [0.2, 0.25) is 5.82 Å². The molecule has 13 heteroatoms. The lowest BCUT2D eigenvalue weighted by atomic mass is 9.95. The number of aromatic nitrogens is 4. The Morgan fingerprint density at radius 2 is 1.88 bits per heavy atom. The Hall–Kier alpha value is -3.27. The van der Waals surface area contributed by atoms with Crippen LogP contribution < -0.4 is 10.2 Å². The molecule has 2 aromatic heterocycles. The number of benzene rings is 1. The van der Waals surface area contributed by atoms with Crippen molar-refractivity contribution in [3.8, 4) is 28.8 Å². The maximum Gasteiger partial charge on any atom is 0.418 e. The van der Waals surface area contributed by atoms with Gasteiger partial charge >= 0.3 is 6.18 Å². The van der Waals surface area contributed by atoms with Gasteiger partial charge in [-0.05, 0) is 63.2 Å². The highest BCUT2D eigenvalue weighted by molar-refractivity contribution is 6.32. The predicted octanol–water partition coefficient (Wildman–Crippen LogP) is 4.13. The standard InChI is InChI=1S/C27H24ClF4N7O/c28-18-11-16(40)10-17(20(18)27(30,31)32)22-21(29)23-24(37-36-22)25(39-13-14-9-15(39)12-33-14)35-19(34-23)3-6-26-4-1-7-38(26)8-2-5-26/h10-11,14-15,33,40H,1-2,4-5,7-9,12-13H2/t14-,15-/m1/s1. The first-order valence-electron chi connectivity index (χ1n) is 13.3. The second-order valence-corrected chi connectivity index (χ2v) is 11.3. The molecule has 2 atom stereocenters. The van der Waals surface area contributed by atoms with Crippen LogP contribution in [0, 0.1) is 17.7 Å². The second-order valence-electron chi connectivity index (χ2n) is 10.9. The van der Waals surface area contributed by atoms with E-state index in [0.29, 0.717) is 12.4 Å². The van der Waals surface area contributed by atoms with E-state index in [1.54, 1.807) is 0 Å². The van der Waals surface area contributed by atoms with Crippen molar-refractivity contribution >= 4 is 28.5 Å². The molecule has 4 aliphatic heterocycles. The van der Waals surface area contributed by atoms with Crippen LogP contribution in [0.3, 0.4) is 0 Å². The number of aromatic hydroxyl groups is 1. The average Bonchev–Trinajstić information content (AvgIpc) is 3.68. The largest absolute Gasteiger partial charge is 0.508 e. The highest BCUT2D eigenvalue weighted by Gasteiger charge is 2.43. The SMILES string of the molecule is Oc1cc(Cl)c(C(F)(F)F)c(-c2nnc3c(N4C[C@H]5C[C@@H]4CN5)nc(C#CC45CCCN4CCC5)nc3c2F)c1. The topological polar surface area (TPSA) is 90.3 Å². The zero-order chi connectivity index (χ0) is 27.8. The van der Waals surface area contributed by atoms with Gasteiger partial charge in [0.1, 0.15) is 17.0 Å². The lowest BCUT2D eigenvalue weighted by Gasteiger charge is -2.29. The van der Waals surface area contributed by atoms with Crippen LogP contribution in [0.1, 0.15) is 43.5 Å². The van der Waals surface area contributed by atoms with Crippen molar-refractivity contribution in [2.45, 2.75) is 55.9 Å². The first-order chi connectivity index (χ1) is 19.1. The van der Waals surface area contributed by atoms with Crippen LogP contribution in [0.15, 0.2) is 12.1 Å². The number of halogens is 5. The van der Waals surface area contributed by atoms with Gasteiger partial charge in [-0.2, -0.15) is 13.2 Å². The fourth-order valence-corrected chi connectivity index (χ4v) is 7.06. The second kappa shape index (κ2) is 9.12. The average molecular weight is 574 g/mol. The quantitative estimate of drug-likeness (QED) is 0.349. The monoisotopic (exact) mass is 573 g/mol. The number of phenolic OH excluding ortho intramolecular Hbond substituents is 1. The number of fused-ring (bicyclic) bond motifs is 4. The summed E-state index contributed by atoms with van der Waals surface area (Å²) in [5, 5.41) is 20.6. The molecule has 2 bridgehead atoms. The van der Waals surface area contributed by atoms with Crippen LogP contribution >= 0.6 is 11.6 Å². The summed E-state index contributed by atoms with van der Waals surface area (Å²) >= 11 is 5.85.